The van der Waals surface area contributed by atoms with Crippen LogP contribution in [0.2, 0.25) is 5.02 Å². The Morgan fingerprint density at radius 3 is 2.18 bits per heavy atom. The topological polar surface area (TPSA) is 281 Å². The summed E-state index contributed by atoms with van der Waals surface area (Å²) in [7, 11) is 0. The number of carbonyl (C=O) groups is 6. The number of nitrogens with one attached hydrogen (secondary N) is 2. The van der Waals surface area contributed by atoms with Gasteiger partial charge in [-0.15, -0.1) is 11.8 Å². The summed E-state index contributed by atoms with van der Waals surface area (Å²) in [5.74, 6) is -3.76. The minimum Gasteiger partial charge on any atom is -0.480 e. The maximum absolute atomic E-state index is 14.1. The van der Waals surface area contributed by atoms with Crippen molar-refractivity contribution in [3.8, 4) is 0 Å². The van der Waals surface area contributed by atoms with Crippen LogP contribution in [0, 0.1) is 0 Å². The van der Waals surface area contributed by atoms with Crippen LogP contribution in [0.1, 0.15) is 42.6 Å². The highest BCUT2D eigenvalue weighted by atomic mass is 35.5. The quantitative estimate of drug-likeness (QED) is 0.0789. The molecule has 19 heteroatoms. The molecular weight excluding hydrogens is 758 g/mol. The van der Waals surface area contributed by atoms with Crippen molar-refractivity contribution in [2.75, 3.05) is 69.6 Å². The third-order valence-electron chi connectivity index (χ3n) is 8.36. The van der Waals surface area contributed by atoms with Gasteiger partial charge in [-0.05, 0) is 68.7 Å². The fraction of sp³-hybridized carbons (Fsp3) is 0.500. The average Bonchev–Trinajstić information content (AvgIpc) is 3.14. The predicted octanol–water partition coefficient (Wildman–Crippen LogP) is -0.539. The Kier molecular flexibility index (Phi) is 22.1. The number of hydrogen-bond acceptors (Lipinski definition) is 10. The van der Waals surface area contributed by atoms with Gasteiger partial charge in [-0.25, -0.2) is 0 Å². The number of primary amides is 1. The van der Waals surface area contributed by atoms with Crippen LogP contribution in [-0.4, -0.2) is 143 Å². The molecule has 0 radical (unpaired) electrons. The van der Waals surface area contributed by atoms with Gasteiger partial charge in [-0.3, -0.25) is 33.7 Å². The smallest absolute Gasteiger partial charge is 0.320 e. The lowest BCUT2D eigenvalue weighted by molar-refractivity contribution is -0.138. The molecule has 2 atom stereocenters. The third kappa shape index (κ3) is 16.9. The number of anilines is 1. The first-order chi connectivity index (χ1) is 25.2. The molecule has 2 aromatic rings. The van der Waals surface area contributed by atoms with Crippen LogP contribution in [0.5, 0.6) is 0 Å². The second-order valence-electron chi connectivity index (χ2n) is 12.7. The van der Waals surface area contributed by atoms with Crippen molar-refractivity contribution >= 4 is 64.6 Å². The highest BCUT2D eigenvalue weighted by Gasteiger charge is 2.32. The SMILES string of the molecule is CC(C)OCCN(C(=O)C(SCCNC(=O)CC[C@@H](N)C(=O)O)C(=O)NCC(N)=O)c1ccc(C(=O)N2CCN(CCc3ccc(Cl)cc3)CC2)cc1.O.O. The summed E-state index contributed by atoms with van der Waals surface area (Å²) >= 11 is 6.95. The van der Waals surface area contributed by atoms with E-state index in [1.807, 2.05) is 43.0 Å². The number of aliphatic carboxylic acids is 1. The Balaban J connectivity index is 0.00000756. The van der Waals surface area contributed by atoms with Crippen LogP contribution in [0.3, 0.4) is 0 Å². The van der Waals surface area contributed by atoms with E-state index >= 15 is 0 Å². The number of thioether (sulfide) groups is 1. The first-order valence-electron chi connectivity index (χ1n) is 17.5. The lowest BCUT2D eigenvalue weighted by Crippen LogP contribution is -2.49. The fourth-order valence-corrected chi connectivity index (χ4v) is 6.45. The average molecular weight is 812 g/mol. The van der Waals surface area contributed by atoms with Gasteiger partial charge in [0, 0.05) is 74.3 Å². The number of carboxylic acid groups (broad SMARTS) is 1. The number of hydrogen-bond donors (Lipinski definition) is 5. The molecule has 0 saturated carbocycles. The molecule has 1 aliphatic heterocycles. The number of amides is 5. The van der Waals surface area contributed by atoms with Crippen LogP contribution in [0.4, 0.5) is 5.69 Å². The van der Waals surface area contributed by atoms with Crippen molar-refractivity contribution in [1.29, 1.82) is 0 Å². The molecular formula is C36H54ClN7O10S. The summed E-state index contributed by atoms with van der Waals surface area (Å²) in [5, 5.41) is 13.3. The van der Waals surface area contributed by atoms with Crippen molar-refractivity contribution < 1.29 is 49.6 Å². The maximum Gasteiger partial charge on any atom is 0.320 e. The lowest BCUT2D eigenvalue weighted by Gasteiger charge is -2.35. The number of halogens is 1. The van der Waals surface area contributed by atoms with Gasteiger partial charge in [-0.2, -0.15) is 0 Å². The van der Waals surface area contributed by atoms with Crippen LogP contribution < -0.4 is 27.0 Å². The van der Waals surface area contributed by atoms with Crippen molar-refractivity contribution in [2.24, 2.45) is 11.5 Å². The highest BCUT2D eigenvalue weighted by molar-refractivity contribution is 8.01. The van der Waals surface area contributed by atoms with Gasteiger partial charge in [0.25, 0.3) is 5.91 Å². The molecule has 3 rings (SSSR count). The van der Waals surface area contributed by atoms with Crippen LogP contribution in [0.15, 0.2) is 48.5 Å². The largest absolute Gasteiger partial charge is 0.480 e. The van der Waals surface area contributed by atoms with Crippen LogP contribution in [0.25, 0.3) is 0 Å². The Morgan fingerprint density at radius 1 is 0.964 bits per heavy atom. The zero-order valence-corrected chi connectivity index (χ0v) is 32.7. The van der Waals surface area contributed by atoms with Crippen molar-refractivity contribution in [3.05, 3.63) is 64.7 Å². The molecule has 0 aliphatic carbocycles. The Hall–Kier alpha value is -4.30. The van der Waals surface area contributed by atoms with Crippen molar-refractivity contribution in [3.63, 3.8) is 0 Å². The second-order valence-corrected chi connectivity index (χ2v) is 14.4. The van der Waals surface area contributed by atoms with Gasteiger partial charge in [0.05, 0.1) is 19.3 Å². The van der Waals surface area contributed by atoms with E-state index in [0.717, 1.165) is 37.8 Å². The van der Waals surface area contributed by atoms with Crippen molar-refractivity contribution in [1.82, 2.24) is 20.4 Å². The summed E-state index contributed by atoms with van der Waals surface area (Å²) < 4.78 is 5.71. The van der Waals surface area contributed by atoms with Gasteiger partial charge in [0.1, 0.15) is 6.04 Å². The summed E-state index contributed by atoms with van der Waals surface area (Å²) in [6, 6.07) is 13.2. The minimum absolute atomic E-state index is 0. The number of ether oxygens (including phenoxy) is 1. The standard InChI is InChI=1S/C36H50ClN7O8S.2H2O/c1-24(2)52-21-20-44(35(49)32(33(47)41-23-30(39)45)53-22-14-40-31(46)12-11-29(38)36(50)51)28-9-5-26(6-10-28)34(48)43-18-16-42(17-19-43)15-13-25-3-7-27(37)8-4-25;;/h3-10,24,29,32H,11-23,38H2,1-2H3,(H2,39,45)(H,40,46)(H,41,47)(H,50,51);2*1H2/t29-,32?;;/m1../s1. The Bertz CT molecular complexity index is 1540. The molecule has 0 spiro atoms. The van der Waals surface area contributed by atoms with E-state index in [1.54, 1.807) is 24.3 Å². The predicted molar refractivity (Wildman–Crippen MR) is 211 cm³/mol. The van der Waals surface area contributed by atoms with E-state index in [2.05, 4.69) is 15.5 Å². The Labute approximate surface area is 330 Å². The number of nitrogens with zero attached hydrogens (tertiary/aromatic N) is 3. The number of nitrogens with two attached hydrogens (primary N) is 2. The summed E-state index contributed by atoms with van der Waals surface area (Å²) in [6.45, 7) is 7.06. The van der Waals surface area contributed by atoms with E-state index in [4.69, 9.17) is 32.9 Å². The highest BCUT2D eigenvalue weighted by Crippen LogP contribution is 2.22. The molecule has 2 aromatic carbocycles. The number of rotatable bonds is 21. The summed E-state index contributed by atoms with van der Waals surface area (Å²) in [4.78, 5) is 80.7. The normalized spacial score (nSPS) is 13.8. The molecule has 11 N–H and O–H groups in total. The molecule has 1 saturated heterocycles. The number of carboxylic acids is 1. The van der Waals surface area contributed by atoms with E-state index in [1.165, 1.54) is 10.5 Å². The first-order valence-corrected chi connectivity index (χ1v) is 18.9. The van der Waals surface area contributed by atoms with Gasteiger partial charge in [0.2, 0.25) is 23.6 Å². The second kappa shape index (κ2) is 25.0. The van der Waals surface area contributed by atoms with E-state index in [9.17, 15) is 28.8 Å². The molecule has 1 aliphatic rings. The minimum atomic E-state index is -1.33. The molecule has 1 unspecified atom stereocenters. The van der Waals surface area contributed by atoms with E-state index < -0.39 is 47.4 Å². The van der Waals surface area contributed by atoms with Gasteiger partial charge in [0.15, 0.2) is 5.25 Å². The number of benzene rings is 2. The molecule has 0 bridgehead atoms. The number of carbonyl (C=O) groups excluding carboxylic acids is 5. The van der Waals surface area contributed by atoms with Crippen LogP contribution in [-0.2, 0) is 35.1 Å². The van der Waals surface area contributed by atoms with Gasteiger partial charge < -0.3 is 52.7 Å². The molecule has 55 heavy (non-hydrogen) atoms. The zero-order chi connectivity index (χ0) is 38.9. The molecule has 5 amide bonds. The molecule has 306 valence electrons. The third-order valence-corrected chi connectivity index (χ3v) is 9.80. The fourth-order valence-electron chi connectivity index (χ4n) is 5.36. The molecule has 1 heterocycles. The maximum atomic E-state index is 14.1. The van der Waals surface area contributed by atoms with Crippen LogP contribution >= 0.6 is 23.4 Å². The lowest BCUT2D eigenvalue weighted by atomic mass is 10.1. The van der Waals surface area contributed by atoms with Crippen molar-refractivity contribution in [2.45, 2.75) is 50.5 Å². The summed E-state index contributed by atoms with van der Waals surface area (Å²) in [5.41, 5.74) is 12.8. The van der Waals surface area contributed by atoms with Gasteiger partial charge in [-0.1, -0.05) is 23.7 Å². The molecule has 0 aromatic heterocycles. The molecule has 17 nitrogen and oxygen atoms in total. The zero-order valence-electron chi connectivity index (χ0n) is 31.1. The van der Waals surface area contributed by atoms with E-state index in [0.29, 0.717) is 29.4 Å². The monoisotopic (exact) mass is 811 g/mol. The van der Waals surface area contributed by atoms with Gasteiger partial charge >= 0.3 is 5.97 Å². The summed E-state index contributed by atoms with van der Waals surface area (Å²) in [6.07, 6.45) is 0.606. The molecule has 1 fully saturated rings. The Morgan fingerprint density at radius 2 is 1.60 bits per heavy atom. The first kappa shape index (κ1) is 48.7. The number of piperazine rings is 1. The van der Waals surface area contributed by atoms with E-state index in [-0.39, 0.29) is 61.3 Å².